The summed E-state index contributed by atoms with van der Waals surface area (Å²) in [7, 11) is 0. The van der Waals surface area contributed by atoms with Crippen LogP contribution in [-0.4, -0.2) is 34.9 Å². The van der Waals surface area contributed by atoms with E-state index in [9.17, 15) is 19.2 Å². The lowest BCUT2D eigenvalue weighted by Gasteiger charge is -2.10. The maximum Gasteiger partial charge on any atom is 0.284 e. The highest BCUT2D eigenvalue weighted by molar-refractivity contribution is 7.17. The van der Waals surface area contributed by atoms with Crippen molar-refractivity contribution in [1.82, 2.24) is 15.2 Å². The molecule has 6 nitrogen and oxygen atoms in total. The monoisotopic (exact) mass is 426 g/mol. The van der Waals surface area contributed by atoms with Crippen LogP contribution in [-0.2, 0) is 4.79 Å². The molecule has 0 saturated carbocycles. The van der Waals surface area contributed by atoms with Crippen molar-refractivity contribution in [1.29, 1.82) is 5.26 Å². The van der Waals surface area contributed by atoms with E-state index in [1.54, 1.807) is 24.3 Å². The van der Waals surface area contributed by atoms with Gasteiger partial charge in [-0.15, -0.1) is 11.3 Å². The van der Waals surface area contributed by atoms with Gasteiger partial charge in [-0.1, -0.05) is 23.7 Å². The minimum atomic E-state index is -0.559. The second-order valence-corrected chi connectivity index (χ2v) is 7.69. The number of hydrogen-bond acceptors (Lipinski definition) is 5. The van der Waals surface area contributed by atoms with E-state index in [-0.39, 0.29) is 35.1 Å². The third-order valence-corrected chi connectivity index (χ3v) is 5.73. The van der Waals surface area contributed by atoms with Crippen molar-refractivity contribution in [2.75, 3.05) is 13.2 Å². The first kappa shape index (κ1) is 19.1. The number of thiazole rings is 1. The molecule has 0 spiro atoms. The fourth-order valence-electron chi connectivity index (χ4n) is 2.92. The van der Waals surface area contributed by atoms with Crippen LogP contribution in [0.15, 0.2) is 42.5 Å². The summed E-state index contributed by atoms with van der Waals surface area (Å²) in [6.07, 6.45) is 0. The summed E-state index contributed by atoms with van der Waals surface area (Å²) in [5.74, 6) is -1.18. The average Bonchev–Trinajstić information content (AvgIpc) is 3.36. The number of amides is 2. The summed E-state index contributed by atoms with van der Waals surface area (Å²) < 4.78 is 13.6. The van der Waals surface area contributed by atoms with Gasteiger partial charge in [0, 0.05) is 5.56 Å². The molecule has 2 amide bonds. The Bertz CT molecular complexity index is 1190. The van der Waals surface area contributed by atoms with Gasteiger partial charge in [0.1, 0.15) is 12.4 Å². The van der Waals surface area contributed by atoms with Crippen molar-refractivity contribution >= 4 is 34.8 Å². The van der Waals surface area contributed by atoms with E-state index < -0.39 is 5.82 Å². The number of halogens is 2. The number of nitrogens with one attached hydrogen (secondary N) is 1. The summed E-state index contributed by atoms with van der Waals surface area (Å²) in [5, 5.41) is 11.9. The van der Waals surface area contributed by atoms with Crippen LogP contribution in [0.5, 0.6) is 0 Å². The van der Waals surface area contributed by atoms with Crippen molar-refractivity contribution in [3.8, 4) is 27.8 Å². The Labute approximate surface area is 174 Å². The van der Waals surface area contributed by atoms with E-state index >= 15 is 0 Å². The average molecular weight is 427 g/mol. The first-order valence-electron chi connectivity index (χ1n) is 8.49. The topological polar surface area (TPSA) is 86.1 Å². The zero-order valence-electron chi connectivity index (χ0n) is 14.8. The maximum atomic E-state index is 13.6. The highest BCUT2D eigenvalue weighted by Crippen LogP contribution is 2.38. The van der Waals surface area contributed by atoms with E-state index in [0.717, 1.165) is 11.3 Å². The highest BCUT2D eigenvalue weighted by atomic mass is 35.5. The molecule has 1 N–H and O–H groups in total. The van der Waals surface area contributed by atoms with Crippen molar-refractivity contribution in [2.24, 2.45) is 0 Å². The van der Waals surface area contributed by atoms with Crippen LogP contribution in [0.2, 0.25) is 5.02 Å². The van der Waals surface area contributed by atoms with E-state index in [1.165, 1.54) is 23.1 Å². The Hall–Kier alpha value is -3.28. The molecule has 29 heavy (non-hydrogen) atoms. The number of aromatic nitrogens is 1. The van der Waals surface area contributed by atoms with Crippen molar-refractivity contribution in [2.45, 2.75) is 0 Å². The fraction of sp³-hybridized carbons (Fsp3) is 0.100. The third kappa shape index (κ3) is 3.70. The summed E-state index contributed by atoms with van der Waals surface area (Å²) in [5.41, 5.74) is 2.15. The lowest BCUT2D eigenvalue weighted by Crippen LogP contribution is -2.29. The molecule has 0 radical (unpaired) electrons. The Balaban J connectivity index is 1.84. The predicted octanol–water partition coefficient (Wildman–Crippen LogP) is 3.67. The van der Waals surface area contributed by atoms with Gasteiger partial charge >= 0.3 is 0 Å². The van der Waals surface area contributed by atoms with Crippen molar-refractivity contribution in [3.05, 3.63) is 63.9 Å². The molecule has 1 aliphatic heterocycles. The smallest absolute Gasteiger partial charge is 0.284 e. The molecule has 1 aromatic heterocycles. The molecule has 1 fully saturated rings. The van der Waals surface area contributed by atoms with Crippen LogP contribution in [0, 0.1) is 17.1 Å². The molecule has 2 aromatic carbocycles. The van der Waals surface area contributed by atoms with Gasteiger partial charge in [0.15, 0.2) is 5.01 Å². The van der Waals surface area contributed by atoms with Gasteiger partial charge in [0.05, 0.1) is 33.9 Å². The molecule has 0 bridgehead atoms. The van der Waals surface area contributed by atoms with Gasteiger partial charge in [-0.05, 0) is 35.9 Å². The van der Waals surface area contributed by atoms with Gasteiger partial charge in [0.25, 0.3) is 5.91 Å². The quantitative estimate of drug-likeness (QED) is 0.692. The van der Waals surface area contributed by atoms with E-state index in [0.29, 0.717) is 27.3 Å². The molecular weight excluding hydrogens is 415 g/mol. The van der Waals surface area contributed by atoms with E-state index in [1.807, 2.05) is 0 Å². The molecule has 1 aliphatic rings. The summed E-state index contributed by atoms with van der Waals surface area (Å²) in [6.45, 7) is 0.0869. The minimum Gasteiger partial charge on any atom is -0.337 e. The highest BCUT2D eigenvalue weighted by Gasteiger charge is 2.28. The number of carbonyl (C=O) groups is 2. The van der Waals surface area contributed by atoms with Crippen LogP contribution >= 0.6 is 22.9 Å². The van der Waals surface area contributed by atoms with E-state index in [4.69, 9.17) is 11.6 Å². The van der Waals surface area contributed by atoms with Gasteiger partial charge in [-0.2, -0.15) is 5.26 Å². The van der Waals surface area contributed by atoms with Crippen LogP contribution in [0.4, 0.5) is 4.39 Å². The molecule has 144 valence electrons. The molecule has 0 aliphatic carbocycles. The Kier molecular flexibility index (Phi) is 5.01. The van der Waals surface area contributed by atoms with Gasteiger partial charge in [-0.25, -0.2) is 9.37 Å². The number of rotatable bonds is 3. The number of nitriles is 1. The first-order valence-corrected chi connectivity index (χ1v) is 9.68. The second kappa shape index (κ2) is 7.62. The van der Waals surface area contributed by atoms with Crippen molar-refractivity contribution < 1.29 is 14.0 Å². The standard InChI is InChI=1S/C20H12ClFN4O2S/c21-14-7-12(4-5-15(14)22)17-18(13-3-1-2-11(6-13)8-23)29-19(25-17)20(28)26-9-16(27)24-10-26/h1-7H,9-10H2,(H,24,27). The summed E-state index contributed by atoms with van der Waals surface area (Å²) in [4.78, 5) is 30.7. The summed E-state index contributed by atoms with van der Waals surface area (Å²) in [6, 6.07) is 13.2. The van der Waals surface area contributed by atoms with Crippen LogP contribution in [0.25, 0.3) is 21.7 Å². The van der Waals surface area contributed by atoms with E-state index in [2.05, 4.69) is 16.4 Å². The molecule has 0 atom stereocenters. The second-order valence-electron chi connectivity index (χ2n) is 6.28. The van der Waals surface area contributed by atoms with Crippen LogP contribution in [0.1, 0.15) is 15.4 Å². The van der Waals surface area contributed by atoms with Gasteiger partial charge in [0.2, 0.25) is 5.91 Å². The van der Waals surface area contributed by atoms with Gasteiger partial charge in [-0.3, -0.25) is 9.59 Å². The van der Waals surface area contributed by atoms with Gasteiger partial charge < -0.3 is 10.2 Å². The summed E-state index contributed by atoms with van der Waals surface area (Å²) >= 11 is 7.08. The first-order chi connectivity index (χ1) is 14.0. The number of benzene rings is 2. The van der Waals surface area contributed by atoms with Crippen LogP contribution < -0.4 is 5.32 Å². The third-order valence-electron chi connectivity index (χ3n) is 4.35. The van der Waals surface area contributed by atoms with Crippen molar-refractivity contribution in [3.63, 3.8) is 0 Å². The lowest BCUT2D eigenvalue weighted by molar-refractivity contribution is -0.118. The largest absolute Gasteiger partial charge is 0.337 e. The molecule has 3 aromatic rings. The zero-order valence-corrected chi connectivity index (χ0v) is 16.4. The predicted molar refractivity (Wildman–Crippen MR) is 107 cm³/mol. The van der Waals surface area contributed by atoms with Crippen LogP contribution in [0.3, 0.4) is 0 Å². The molecule has 0 unspecified atom stereocenters. The normalized spacial score (nSPS) is 13.3. The fourth-order valence-corrected chi connectivity index (χ4v) is 4.16. The number of carbonyl (C=O) groups excluding carboxylic acids is 2. The minimum absolute atomic E-state index is 0.0324. The Morgan fingerprint density at radius 1 is 1.28 bits per heavy atom. The molecule has 9 heteroatoms. The maximum absolute atomic E-state index is 13.6. The number of nitrogens with zero attached hydrogens (tertiary/aromatic N) is 3. The SMILES string of the molecule is N#Cc1cccc(-c2sc(C(=O)N3CNC(=O)C3)nc2-c2ccc(F)c(Cl)c2)c1. The molecule has 1 saturated heterocycles. The molecule has 2 heterocycles. The molecular formula is C20H12ClFN4O2S. The Morgan fingerprint density at radius 2 is 2.10 bits per heavy atom. The lowest BCUT2D eigenvalue weighted by atomic mass is 10.1. The Morgan fingerprint density at radius 3 is 2.79 bits per heavy atom. The zero-order chi connectivity index (χ0) is 20.5. The molecule has 4 rings (SSSR count). The number of hydrogen-bond donors (Lipinski definition) is 1.